The number of hydrogen-bond acceptors (Lipinski definition) is 7. The molecule has 0 saturated carbocycles. The number of fused-ring (bicyclic) bond motifs is 2. The molecule has 148 valence electrons. The molecule has 2 aliphatic heterocycles. The Balaban J connectivity index is 1.60. The van der Waals surface area contributed by atoms with Gasteiger partial charge in [-0.3, -0.25) is 4.79 Å². The largest absolute Gasteiger partial charge is 0.463 e. The van der Waals surface area contributed by atoms with Crippen molar-refractivity contribution in [2.24, 2.45) is 0 Å². The number of carbonyl (C=O) groups is 1. The van der Waals surface area contributed by atoms with Crippen LogP contribution in [0.3, 0.4) is 0 Å². The number of benzene rings is 1. The molecule has 8 heteroatoms. The molecule has 8 nitrogen and oxygen atoms in total. The molecule has 0 aliphatic carbocycles. The van der Waals surface area contributed by atoms with Crippen LogP contribution in [0.25, 0.3) is 0 Å². The molecule has 2 aromatic rings. The molecular weight excluding hydrogens is 356 g/mol. The standard InChI is InChI=1S/C20H26N6O2/c1-2-3-8-28-20-24-18(21)17-19(25-20)26(12-16(27)23-17)11-13-4-5-15-10-22-7-6-14(15)9-13/h4-5,9,22H,2-3,6-8,10-12H2,1H3,(H,23,27)(H2,21,24,25). The first-order valence-electron chi connectivity index (χ1n) is 9.80. The number of nitrogens with zero attached hydrogens (tertiary/aromatic N) is 3. The van der Waals surface area contributed by atoms with Gasteiger partial charge in [0.1, 0.15) is 5.69 Å². The van der Waals surface area contributed by atoms with Gasteiger partial charge in [-0.15, -0.1) is 0 Å². The highest BCUT2D eigenvalue weighted by Crippen LogP contribution is 2.34. The van der Waals surface area contributed by atoms with Crippen molar-refractivity contribution in [2.75, 3.05) is 35.6 Å². The number of nitrogen functional groups attached to an aromatic ring is 1. The van der Waals surface area contributed by atoms with E-state index >= 15 is 0 Å². The summed E-state index contributed by atoms with van der Waals surface area (Å²) in [4.78, 5) is 22.9. The Morgan fingerprint density at radius 1 is 1.29 bits per heavy atom. The molecule has 3 heterocycles. The number of anilines is 3. The molecule has 1 aromatic carbocycles. The van der Waals surface area contributed by atoms with Crippen molar-refractivity contribution in [3.8, 4) is 6.01 Å². The van der Waals surface area contributed by atoms with E-state index in [1.54, 1.807) is 0 Å². The number of ether oxygens (including phenoxy) is 1. The molecule has 1 amide bonds. The van der Waals surface area contributed by atoms with Gasteiger partial charge in [-0.05, 0) is 36.1 Å². The first kappa shape index (κ1) is 18.5. The predicted octanol–water partition coefficient (Wildman–Crippen LogP) is 1.84. The molecule has 0 spiro atoms. The monoisotopic (exact) mass is 382 g/mol. The summed E-state index contributed by atoms with van der Waals surface area (Å²) in [6.45, 7) is 5.33. The fourth-order valence-electron chi connectivity index (χ4n) is 3.57. The molecule has 0 unspecified atom stereocenters. The topological polar surface area (TPSA) is 105 Å². The fraction of sp³-hybridized carbons (Fsp3) is 0.450. The van der Waals surface area contributed by atoms with Crippen LogP contribution in [0, 0.1) is 0 Å². The first-order chi connectivity index (χ1) is 13.6. The summed E-state index contributed by atoms with van der Waals surface area (Å²) in [7, 11) is 0. The van der Waals surface area contributed by atoms with Crippen molar-refractivity contribution in [1.29, 1.82) is 0 Å². The van der Waals surface area contributed by atoms with Gasteiger partial charge >= 0.3 is 6.01 Å². The summed E-state index contributed by atoms with van der Waals surface area (Å²) in [5.74, 6) is 0.716. The van der Waals surface area contributed by atoms with Crippen LogP contribution in [-0.4, -0.2) is 35.6 Å². The summed E-state index contributed by atoms with van der Waals surface area (Å²) in [6.07, 6.45) is 2.96. The van der Waals surface area contributed by atoms with Crippen LogP contribution in [0.2, 0.25) is 0 Å². The maximum atomic E-state index is 12.2. The van der Waals surface area contributed by atoms with E-state index in [2.05, 4.69) is 45.7 Å². The maximum absolute atomic E-state index is 12.2. The van der Waals surface area contributed by atoms with Crippen LogP contribution in [0.1, 0.15) is 36.5 Å². The number of rotatable bonds is 6. The van der Waals surface area contributed by atoms with E-state index in [0.717, 1.165) is 37.9 Å². The van der Waals surface area contributed by atoms with Crippen molar-refractivity contribution in [3.63, 3.8) is 0 Å². The highest BCUT2D eigenvalue weighted by molar-refractivity contribution is 6.03. The van der Waals surface area contributed by atoms with Crippen molar-refractivity contribution < 1.29 is 9.53 Å². The minimum Gasteiger partial charge on any atom is -0.463 e. The molecule has 0 fully saturated rings. The summed E-state index contributed by atoms with van der Waals surface area (Å²) < 4.78 is 5.64. The van der Waals surface area contributed by atoms with Gasteiger partial charge in [0, 0.05) is 13.1 Å². The van der Waals surface area contributed by atoms with Crippen LogP contribution in [-0.2, 0) is 24.3 Å². The maximum Gasteiger partial charge on any atom is 0.320 e. The molecule has 1 aromatic heterocycles. The molecule has 4 N–H and O–H groups in total. The third-order valence-electron chi connectivity index (χ3n) is 5.06. The minimum atomic E-state index is -0.121. The van der Waals surface area contributed by atoms with Gasteiger partial charge < -0.3 is 26.0 Å². The first-order valence-corrected chi connectivity index (χ1v) is 9.80. The van der Waals surface area contributed by atoms with E-state index in [9.17, 15) is 4.79 Å². The molecule has 4 rings (SSSR count). The summed E-state index contributed by atoms with van der Waals surface area (Å²) >= 11 is 0. The number of hydrogen-bond donors (Lipinski definition) is 3. The lowest BCUT2D eigenvalue weighted by atomic mass is 9.98. The second-order valence-electron chi connectivity index (χ2n) is 7.23. The van der Waals surface area contributed by atoms with E-state index in [0.29, 0.717) is 24.7 Å². The Hall–Kier alpha value is -2.87. The highest BCUT2D eigenvalue weighted by atomic mass is 16.5. The number of aromatic nitrogens is 2. The number of unbranched alkanes of at least 4 members (excludes halogenated alkanes) is 1. The lowest BCUT2D eigenvalue weighted by molar-refractivity contribution is -0.115. The summed E-state index contributed by atoms with van der Waals surface area (Å²) in [6, 6.07) is 6.75. The molecule has 0 bridgehead atoms. The Morgan fingerprint density at radius 3 is 3.04 bits per heavy atom. The van der Waals surface area contributed by atoms with Gasteiger partial charge in [-0.2, -0.15) is 9.97 Å². The fourth-order valence-corrected chi connectivity index (χ4v) is 3.57. The summed E-state index contributed by atoms with van der Waals surface area (Å²) in [5, 5.41) is 6.18. The highest BCUT2D eigenvalue weighted by Gasteiger charge is 2.27. The van der Waals surface area contributed by atoms with E-state index < -0.39 is 0 Å². The lowest BCUT2D eigenvalue weighted by Crippen LogP contribution is -2.39. The Bertz CT molecular complexity index is 885. The van der Waals surface area contributed by atoms with E-state index in [4.69, 9.17) is 10.5 Å². The zero-order valence-electron chi connectivity index (χ0n) is 16.1. The van der Waals surface area contributed by atoms with Crippen LogP contribution in [0.15, 0.2) is 18.2 Å². The van der Waals surface area contributed by atoms with E-state index in [1.807, 2.05) is 4.90 Å². The van der Waals surface area contributed by atoms with Crippen LogP contribution in [0.4, 0.5) is 17.3 Å². The normalized spacial score (nSPS) is 15.6. The molecular formula is C20H26N6O2. The van der Waals surface area contributed by atoms with Gasteiger partial charge in [0.15, 0.2) is 11.6 Å². The second-order valence-corrected chi connectivity index (χ2v) is 7.23. The van der Waals surface area contributed by atoms with E-state index in [-0.39, 0.29) is 24.3 Å². The number of carbonyl (C=O) groups excluding carboxylic acids is 1. The molecule has 0 saturated heterocycles. The number of nitrogens with one attached hydrogen (secondary N) is 2. The predicted molar refractivity (Wildman–Crippen MR) is 108 cm³/mol. The third kappa shape index (κ3) is 3.87. The molecule has 2 aliphatic rings. The Morgan fingerprint density at radius 2 is 2.18 bits per heavy atom. The van der Waals surface area contributed by atoms with Crippen LogP contribution >= 0.6 is 0 Å². The number of nitrogens with two attached hydrogens (primary N) is 1. The molecule has 28 heavy (non-hydrogen) atoms. The number of amides is 1. The zero-order valence-corrected chi connectivity index (χ0v) is 16.1. The molecule has 0 atom stereocenters. The lowest BCUT2D eigenvalue weighted by Gasteiger charge is -2.30. The molecule has 0 radical (unpaired) electrons. The van der Waals surface area contributed by atoms with Gasteiger partial charge in [0.05, 0.1) is 13.2 Å². The summed E-state index contributed by atoms with van der Waals surface area (Å²) in [5.41, 5.74) is 10.4. The van der Waals surface area contributed by atoms with Gasteiger partial charge in [0.25, 0.3) is 0 Å². The van der Waals surface area contributed by atoms with Crippen LogP contribution in [0.5, 0.6) is 6.01 Å². The Labute approximate surface area is 164 Å². The van der Waals surface area contributed by atoms with E-state index in [1.165, 1.54) is 11.1 Å². The van der Waals surface area contributed by atoms with Gasteiger partial charge in [0.2, 0.25) is 5.91 Å². The van der Waals surface area contributed by atoms with Crippen molar-refractivity contribution >= 4 is 23.2 Å². The van der Waals surface area contributed by atoms with Gasteiger partial charge in [-0.1, -0.05) is 31.5 Å². The minimum absolute atomic E-state index is 0.121. The van der Waals surface area contributed by atoms with Gasteiger partial charge in [-0.25, -0.2) is 0 Å². The van der Waals surface area contributed by atoms with Crippen molar-refractivity contribution in [2.45, 2.75) is 39.3 Å². The van der Waals surface area contributed by atoms with Crippen LogP contribution < -0.4 is 26.0 Å². The van der Waals surface area contributed by atoms with Crippen molar-refractivity contribution in [3.05, 3.63) is 34.9 Å². The second kappa shape index (κ2) is 8.02. The SMILES string of the molecule is CCCCOc1nc(N)c2c(n1)N(Cc1ccc3c(c1)CCNC3)CC(=O)N2. The average molecular weight is 382 g/mol. The quantitative estimate of drug-likeness (QED) is 0.655. The zero-order chi connectivity index (χ0) is 19.5. The average Bonchev–Trinajstić information content (AvgIpc) is 2.69. The third-order valence-corrected chi connectivity index (χ3v) is 5.06. The Kier molecular flexibility index (Phi) is 5.29. The van der Waals surface area contributed by atoms with Crippen molar-refractivity contribution in [1.82, 2.24) is 15.3 Å². The smallest absolute Gasteiger partial charge is 0.320 e.